The molecule has 8 nitrogen and oxygen atoms in total. The molecule has 32 heavy (non-hydrogen) atoms. The fraction of sp³-hybridized carbons (Fsp3) is 0.833. The summed E-state index contributed by atoms with van der Waals surface area (Å²) in [6.45, 7) is 3.02. The second kappa shape index (κ2) is 14.1. The van der Waals surface area contributed by atoms with Gasteiger partial charge in [-0.2, -0.15) is 0 Å². The van der Waals surface area contributed by atoms with Gasteiger partial charge in [-0.25, -0.2) is 9.59 Å². The molecule has 0 aliphatic heterocycles. The molecular formula is C24H38O8. The lowest BCUT2D eigenvalue weighted by Crippen LogP contribution is -2.31. The molecule has 0 aromatic carbocycles. The van der Waals surface area contributed by atoms with Gasteiger partial charge in [-0.1, -0.05) is 12.8 Å². The number of ether oxygens (including phenoxy) is 4. The lowest BCUT2D eigenvalue weighted by Gasteiger charge is -2.23. The maximum Gasteiger partial charge on any atom is 0.347 e. The smallest absolute Gasteiger partial charge is 0.347 e. The molecule has 2 aliphatic carbocycles. The predicted molar refractivity (Wildman–Crippen MR) is 116 cm³/mol. The van der Waals surface area contributed by atoms with E-state index in [4.69, 9.17) is 18.9 Å². The summed E-state index contributed by atoms with van der Waals surface area (Å²) in [4.78, 5) is 48.0. The molecule has 0 spiro atoms. The van der Waals surface area contributed by atoms with Crippen LogP contribution in [-0.4, -0.2) is 48.3 Å². The number of hydrogen-bond donors (Lipinski definition) is 0. The maximum atomic E-state index is 12.1. The first-order valence-corrected chi connectivity index (χ1v) is 12.1. The van der Waals surface area contributed by atoms with Crippen molar-refractivity contribution >= 4 is 23.9 Å². The van der Waals surface area contributed by atoms with E-state index in [9.17, 15) is 19.2 Å². The van der Waals surface area contributed by atoms with Gasteiger partial charge in [0.2, 0.25) is 0 Å². The number of unbranched alkanes of at least 4 members (excludes halogenated alkanes) is 1. The molecule has 0 aromatic rings. The van der Waals surface area contributed by atoms with Crippen molar-refractivity contribution in [1.82, 2.24) is 0 Å². The van der Waals surface area contributed by atoms with Gasteiger partial charge in [0.05, 0.1) is 0 Å². The topological polar surface area (TPSA) is 105 Å². The second-order valence-electron chi connectivity index (χ2n) is 8.87. The molecule has 0 bridgehead atoms. The van der Waals surface area contributed by atoms with Gasteiger partial charge in [-0.3, -0.25) is 9.59 Å². The fourth-order valence-electron chi connectivity index (χ4n) is 4.03. The molecule has 0 amide bonds. The van der Waals surface area contributed by atoms with Crippen molar-refractivity contribution in [1.29, 1.82) is 0 Å². The summed E-state index contributed by atoms with van der Waals surface area (Å²) >= 11 is 0. The number of carbonyl (C=O) groups excluding carboxylic acids is 4. The lowest BCUT2D eigenvalue weighted by molar-refractivity contribution is -0.171. The van der Waals surface area contributed by atoms with Crippen LogP contribution in [0.2, 0.25) is 0 Å². The molecule has 2 atom stereocenters. The molecule has 0 radical (unpaired) electrons. The lowest BCUT2D eigenvalue weighted by atomic mass is 9.98. The Morgan fingerprint density at radius 1 is 0.625 bits per heavy atom. The van der Waals surface area contributed by atoms with Crippen LogP contribution in [0.4, 0.5) is 0 Å². The van der Waals surface area contributed by atoms with E-state index in [0.717, 1.165) is 64.2 Å². The van der Waals surface area contributed by atoms with Crippen LogP contribution in [0.15, 0.2) is 0 Å². The Morgan fingerprint density at radius 2 is 0.969 bits per heavy atom. The third-order valence-electron chi connectivity index (χ3n) is 5.96. The minimum atomic E-state index is -0.939. The highest BCUT2D eigenvalue weighted by atomic mass is 16.6. The molecule has 2 aliphatic rings. The van der Waals surface area contributed by atoms with E-state index < -0.39 is 36.1 Å². The Balaban J connectivity index is 1.54. The Kier molecular flexibility index (Phi) is 11.5. The summed E-state index contributed by atoms with van der Waals surface area (Å²) in [5.74, 6) is -2.03. The van der Waals surface area contributed by atoms with Gasteiger partial charge in [0.15, 0.2) is 12.2 Å². The minimum absolute atomic E-state index is 0.0780. The van der Waals surface area contributed by atoms with Crippen LogP contribution in [-0.2, 0) is 38.1 Å². The molecule has 0 heterocycles. The molecule has 0 aromatic heterocycles. The van der Waals surface area contributed by atoms with E-state index in [1.165, 1.54) is 13.8 Å². The number of esters is 4. The largest absolute Gasteiger partial charge is 0.460 e. The number of carbonyl (C=O) groups is 4. The summed E-state index contributed by atoms with van der Waals surface area (Å²) in [5, 5.41) is 0. The highest BCUT2D eigenvalue weighted by molar-refractivity contribution is 5.80. The maximum absolute atomic E-state index is 12.1. The average Bonchev–Trinajstić information content (AvgIpc) is 2.78. The van der Waals surface area contributed by atoms with E-state index >= 15 is 0 Å². The van der Waals surface area contributed by atoms with Crippen molar-refractivity contribution in [3.63, 3.8) is 0 Å². The van der Waals surface area contributed by atoms with Crippen molar-refractivity contribution in [2.75, 3.05) is 0 Å². The SMILES string of the molecule is CC(OC(=O)CCCCC(=O)OC(C)C(=O)OC1CCCCC1)C(=O)OC1CCCCC1. The molecule has 2 fully saturated rings. The van der Waals surface area contributed by atoms with Crippen LogP contribution >= 0.6 is 0 Å². The van der Waals surface area contributed by atoms with Gasteiger partial charge >= 0.3 is 23.9 Å². The van der Waals surface area contributed by atoms with Crippen molar-refractivity contribution in [2.45, 2.75) is 128 Å². The van der Waals surface area contributed by atoms with Crippen molar-refractivity contribution in [3.05, 3.63) is 0 Å². The summed E-state index contributed by atoms with van der Waals surface area (Å²) in [6, 6.07) is 0. The predicted octanol–water partition coefficient (Wildman–Crippen LogP) is 4.16. The van der Waals surface area contributed by atoms with E-state index in [1.807, 2.05) is 0 Å². The van der Waals surface area contributed by atoms with E-state index in [0.29, 0.717) is 12.8 Å². The first kappa shape index (κ1) is 26.1. The number of hydrogen-bond acceptors (Lipinski definition) is 8. The molecule has 8 heteroatoms. The molecule has 2 saturated carbocycles. The monoisotopic (exact) mass is 454 g/mol. The van der Waals surface area contributed by atoms with Crippen molar-refractivity contribution in [3.8, 4) is 0 Å². The Hall–Kier alpha value is -2.12. The fourth-order valence-corrected chi connectivity index (χ4v) is 4.03. The molecule has 2 unspecified atom stereocenters. The van der Waals surface area contributed by atoms with Crippen LogP contribution in [0.25, 0.3) is 0 Å². The van der Waals surface area contributed by atoms with Crippen molar-refractivity contribution < 1.29 is 38.1 Å². The van der Waals surface area contributed by atoms with Crippen LogP contribution in [0.5, 0.6) is 0 Å². The van der Waals surface area contributed by atoms with Gasteiger partial charge in [0.25, 0.3) is 0 Å². The molecule has 182 valence electrons. The van der Waals surface area contributed by atoms with E-state index in [-0.39, 0.29) is 25.0 Å². The molecule has 2 rings (SSSR count). The van der Waals surface area contributed by atoms with E-state index in [1.54, 1.807) is 0 Å². The third kappa shape index (κ3) is 10.0. The van der Waals surface area contributed by atoms with E-state index in [2.05, 4.69) is 0 Å². The summed E-state index contributed by atoms with van der Waals surface area (Å²) in [7, 11) is 0. The second-order valence-corrected chi connectivity index (χ2v) is 8.87. The Bertz CT molecular complexity index is 565. The van der Waals surface area contributed by atoms with Crippen LogP contribution in [0, 0.1) is 0 Å². The standard InChI is InChI=1S/C24H38O8/c1-17(23(27)31-19-11-5-3-6-12-19)29-21(25)15-9-10-16-22(26)30-18(2)24(28)32-20-13-7-4-8-14-20/h17-20H,3-16H2,1-2H3. The highest BCUT2D eigenvalue weighted by Gasteiger charge is 2.25. The van der Waals surface area contributed by atoms with Gasteiger partial charge in [0.1, 0.15) is 12.2 Å². The zero-order valence-corrected chi connectivity index (χ0v) is 19.5. The Morgan fingerprint density at radius 3 is 1.31 bits per heavy atom. The average molecular weight is 455 g/mol. The van der Waals surface area contributed by atoms with Crippen molar-refractivity contribution in [2.24, 2.45) is 0 Å². The van der Waals surface area contributed by atoms with Gasteiger partial charge in [-0.15, -0.1) is 0 Å². The van der Waals surface area contributed by atoms with Gasteiger partial charge in [-0.05, 0) is 78.1 Å². The van der Waals surface area contributed by atoms with Crippen LogP contribution in [0.3, 0.4) is 0 Å². The molecule has 0 N–H and O–H groups in total. The highest BCUT2D eigenvalue weighted by Crippen LogP contribution is 2.22. The first-order chi connectivity index (χ1) is 15.3. The van der Waals surface area contributed by atoms with Crippen LogP contribution in [0.1, 0.15) is 104 Å². The third-order valence-corrected chi connectivity index (χ3v) is 5.96. The molecule has 0 saturated heterocycles. The van der Waals surface area contributed by atoms with Crippen LogP contribution < -0.4 is 0 Å². The zero-order valence-electron chi connectivity index (χ0n) is 19.5. The summed E-state index contributed by atoms with van der Waals surface area (Å²) in [6.07, 6.45) is 8.95. The minimum Gasteiger partial charge on any atom is -0.460 e. The van der Waals surface area contributed by atoms with Gasteiger partial charge in [0, 0.05) is 12.8 Å². The summed E-state index contributed by atoms with van der Waals surface area (Å²) < 4.78 is 21.1. The molecular weight excluding hydrogens is 416 g/mol. The number of rotatable bonds is 11. The first-order valence-electron chi connectivity index (χ1n) is 12.1. The normalized spacial score (nSPS) is 19.4. The Labute approximate surface area is 190 Å². The summed E-state index contributed by atoms with van der Waals surface area (Å²) in [5.41, 5.74) is 0. The quantitative estimate of drug-likeness (QED) is 0.260. The zero-order chi connectivity index (χ0) is 23.3. The van der Waals surface area contributed by atoms with Gasteiger partial charge < -0.3 is 18.9 Å².